The molecule has 1 heterocycles. The number of rotatable bonds is 5. The molecule has 0 amide bonds. The Balaban J connectivity index is 1.96. The van der Waals surface area contributed by atoms with Crippen LogP contribution >= 0.6 is 0 Å². The van der Waals surface area contributed by atoms with Crippen LogP contribution in [0, 0.1) is 0 Å². The average Bonchev–Trinajstić information content (AvgIpc) is 2.54. The molecule has 1 N–H and O–H groups in total. The fourth-order valence-corrected chi connectivity index (χ4v) is 2.89. The second-order valence-corrected chi connectivity index (χ2v) is 5.60. The standard InChI is InChI=1S/C17H18N2O4/c1-23-13-6-7-14-11(9-13)4-5-12-10-15(20)19(18-17(12)14)8-2-3-16(21)22/h6-7,9-10H,2-5,8H2,1H3,(H,21,22). The number of carboxylic acid groups (broad SMARTS) is 1. The molecule has 120 valence electrons. The SMILES string of the molecule is COc1ccc2c(c1)CCc1cc(=O)n(CCCC(=O)O)nc1-2. The van der Waals surface area contributed by atoms with Crippen LogP contribution in [0.2, 0.25) is 0 Å². The van der Waals surface area contributed by atoms with E-state index in [4.69, 9.17) is 9.84 Å². The Morgan fingerprint density at radius 2 is 2.09 bits per heavy atom. The summed E-state index contributed by atoms with van der Waals surface area (Å²) in [7, 11) is 1.64. The maximum atomic E-state index is 12.1. The van der Waals surface area contributed by atoms with Crippen LogP contribution in [0.1, 0.15) is 24.0 Å². The molecular formula is C17H18N2O4. The summed E-state index contributed by atoms with van der Waals surface area (Å²) in [6.07, 6.45) is 2.03. The van der Waals surface area contributed by atoms with E-state index >= 15 is 0 Å². The lowest BCUT2D eigenvalue weighted by Crippen LogP contribution is -2.25. The molecule has 0 bridgehead atoms. The van der Waals surface area contributed by atoms with Crippen molar-refractivity contribution in [2.24, 2.45) is 0 Å². The fraction of sp³-hybridized carbons (Fsp3) is 0.353. The molecule has 0 aliphatic heterocycles. The number of carbonyl (C=O) groups is 1. The van der Waals surface area contributed by atoms with Gasteiger partial charge in [-0.2, -0.15) is 5.10 Å². The zero-order chi connectivity index (χ0) is 16.4. The number of ether oxygens (including phenoxy) is 1. The van der Waals surface area contributed by atoms with Crippen molar-refractivity contribution in [3.8, 4) is 17.0 Å². The fourth-order valence-electron chi connectivity index (χ4n) is 2.89. The number of aliphatic carboxylic acids is 1. The highest BCUT2D eigenvalue weighted by Crippen LogP contribution is 2.33. The summed E-state index contributed by atoms with van der Waals surface area (Å²) in [4.78, 5) is 22.7. The van der Waals surface area contributed by atoms with Gasteiger partial charge in [0.2, 0.25) is 0 Å². The summed E-state index contributed by atoms with van der Waals surface area (Å²) >= 11 is 0. The van der Waals surface area contributed by atoms with Gasteiger partial charge < -0.3 is 9.84 Å². The van der Waals surface area contributed by atoms with Gasteiger partial charge in [0.1, 0.15) is 5.75 Å². The maximum Gasteiger partial charge on any atom is 0.303 e. The molecule has 0 saturated heterocycles. The van der Waals surface area contributed by atoms with Crippen molar-refractivity contribution in [3.63, 3.8) is 0 Å². The van der Waals surface area contributed by atoms with Crippen molar-refractivity contribution in [3.05, 3.63) is 45.7 Å². The van der Waals surface area contributed by atoms with Gasteiger partial charge in [-0.3, -0.25) is 9.59 Å². The van der Waals surface area contributed by atoms with Crippen LogP contribution in [-0.2, 0) is 24.2 Å². The van der Waals surface area contributed by atoms with E-state index in [1.54, 1.807) is 13.2 Å². The lowest BCUT2D eigenvalue weighted by molar-refractivity contribution is -0.137. The highest BCUT2D eigenvalue weighted by molar-refractivity contribution is 5.70. The quantitative estimate of drug-likeness (QED) is 0.911. The molecule has 0 atom stereocenters. The lowest BCUT2D eigenvalue weighted by atomic mass is 9.89. The first-order valence-electron chi connectivity index (χ1n) is 7.58. The first-order chi connectivity index (χ1) is 11.1. The van der Waals surface area contributed by atoms with Crippen molar-refractivity contribution >= 4 is 5.97 Å². The summed E-state index contributed by atoms with van der Waals surface area (Å²) in [6, 6.07) is 7.47. The zero-order valence-electron chi connectivity index (χ0n) is 12.9. The Bertz CT molecular complexity index is 811. The van der Waals surface area contributed by atoms with Gasteiger partial charge >= 0.3 is 5.97 Å². The summed E-state index contributed by atoms with van der Waals surface area (Å²) in [5.41, 5.74) is 3.75. The Labute approximate surface area is 133 Å². The number of hydrogen-bond donors (Lipinski definition) is 1. The van der Waals surface area contributed by atoms with E-state index in [-0.39, 0.29) is 12.0 Å². The first kappa shape index (κ1) is 15.3. The van der Waals surface area contributed by atoms with Crippen molar-refractivity contribution in [1.29, 1.82) is 0 Å². The van der Waals surface area contributed by atoms with Crippen LogP contribution < -0.4 is 10.3 Å². The van der Waals surface area contributed by atoms with Crippen LogP contribution in [0.5, 0.6) is 5.75 Å². The number of carboxylic acids is 1. The molecule has 1 aromatic carbocycles. The van der Waals surface area contributed by atoms with Gasteiger partial charge in [-0.05, 0) is 48.6 Å². The Hall–Kier alpha value is -2.63. The Morgan fingerprint density at radius 1 is 1.30 bits per heavy atom. The van der Waals surface area contributed by atoms with E-state index in [1.807, 2.05) is 18.2 Å². The smallest absolute Gasteiger partial charge is 0.303 e. The Kier molecular flexibility index (Phi) is 4.14. The van der Waals surface area contributed by atoms with Crippen LogP contribution in [0.15, 0.2) is 29.1 Å². The van der Waals surface area contributed by atoms with Crippen LogP contribution in [0.3, 0.4) is 0 Å². The molecule has 0 radical (unpaired) electrons. The molecule has 0 unspecified atom stereocenters. The molecule has 3 rings (SSSR count). The van der Waals surface area contributed by atoms with E-state index in [9.17, 15) is 9.59 Å². The Morgan fingerprint density at radius 3 is 2.83 bits per heavy atom. The minimum atomic E-state index is -0.867. The average molecular weight is 314 g/mol. The molecule has 6 nitrogen and oxygen atoms in total. The van der Waals surface area contributed by atoms with E-state index in [2.05, 4.69) is 5.10 Å². The third-order valence-corrected chi connectivity index (χ3v) is 4.07. The van der Waals surface area contributed by atoms with Gasteiger partial charge in [0.15, 0.2) is 0 Å². The molecule has 1 aliphatic carbocycles. The van der Waals surface area contributed by atoms with Gasteiger partial charge in [0.05, 0.1) is 12.8 Å². The number of fused-ring (bicyclic) bond motifs is 3. The molecule has 6 heteroatoms. The summed E-state index contributed by atoms with van der Waals surface area (Å²) in [5, 5.41) is 13.2. The third-order valence-electron chi connectivity index (χ3n) is 4.07. The molecule has 0 fully saturated rings. The predicted octanol–water partition coefficient (Wildman–Crippen LogP) is 1.88. The van der Waals surface area contributed by atoms with E-state index in [0.717, 1.165) is 41.0 Å². The lowest BCUT2D eigenvalue weighted by Gasteiger charge is -2.20. The number of hydrogen-bond acceptors (Lipinski definition) is 4. The number of aromatic nitrogens is 2. The normalized spacial score (nSPS) is 12.4. The number of methoxy groups -OCH3 is 1. The van der Waals surface area contributed by atoms with Crippen molar-refractivity contribution in [2.75, 3.05) is 7.11 Å². The summed E-state index contributed by atoms with van der Waals surface area (Å²) in [5.74, 6) is -0.0598. The van der Waals surface area contributed by atoms with E-state index in [0.29, 0.717) is 13.0 Å². The highest BCUT2D eigenvalue weighted by atomic mass is 16.5. The molecule has 23 heavy (non-hydrogen) atoms. The minimum Gasteiger partial charge on any atom is -0.497 e. The second-order valence-electron chi connectivity index (χ2n) is 5.60. The first-order valence-corrected chi connectivity index (χ1v) is 7.58. The maximum absolute atomic E-state index is 12.1. The van der Waals surface area contributed by atoms with Gasteiger partial charge in [-0.15, -0.1) is 0 Å². The van der Waals surface area contributed by atoms with Crippen molar-refractivity contribution in [2.45, 2.75) is 32.2 Å². The van der Waals surface area contributed by atoms with Gasteiger partial charge in [0.25, 0.3) is 5.56 Å². The van der Waals surface area contributed by atoms with Crippen LogP contribution in [0.25, 0.3) is 11.3 Å². The zero-order valence-corrected chi connectivity index (χ0v) is 12.9. The van der Waals surface area contributed by atoms with Crippen molar-refractivity contribution in [1.82, 2.24) is 9.78 Å². The monoisotopic (exact) mass is 314 g/mol. The molecule has 1 aromatic heterocycles. The summed E-state index contributed by atoms with van der Waals surface area (Å²) < 4.78 is 6.62. The largest absolute Gasteiger partial charge is 0.497 e. The highest BCUT2D eigenvalue weighted by Gasteiger charge is 2.19. The molecule has 0 saturated carbocycles. The van der Waals surface area contributed by atoms with Gasteiger partial charge in [-0.25, -0.2) is 4.68 Å². The van der Waals surface area contributed by atoms with Crippen LogP contribution in [0.4, 0.5) is 0 Å². The minimum absolute atomic E-state index is 0.0268. The number of nitrogens with zero attached hydrogens (tertiary/aromatic N) is 2. The molecular weight excluding hydrogens is 296 g/mol. The van der Waals surface area contributed by atoms with Gasteiger partial charge in [-0.1, -0.05) is 0 Å². The van der Waals surface area contributed by atoms with E-state index < -0.39 is 5.97 Å². The number of aryl methyl sites for hydroxylation is 3. The van der Waals surface area contributed by atoms with Crippen LogP contribution in [-0.4, -0.2) is 28.0 Å². The third kappa shape index (κ3) is 3.11. The molecule has 1 aliphatic rings. The van der Waals surface area contributed by atoms with E-state index in [1.165, 1.54) is 4.68 Å². The predicted molar refractivity (Wildman–Crippen MR) is 84.8 cm³/mol. The number of benzene rings is 1. The molecule has 2 aromatic rings. The topological polar surface area (TPSA) is 81.4 Å². The summed E-state index contributed by atoms with van der Waals surface area (Å²) in [6.45, 7) is 0.309. The van der Waals surface area contributed by atoms with Gasteiger partial charge in [0, 0.05) is 24.6 Å². The van der Waals surface area contributed by atoms with Crippen molar-refractivity contribution < 1.29 is 14.6 Å². The molecule has 0 spiro atoms. The second kappa shape index (κ2) is 6.24.